The molecule has 0 saturated carbocycles. The second kappa shape index (κ2) is 11.9. The highest BCUT2D eigenvalue weighted by atomic mass is 32.1. The van der Waals surface area contributed by atoms with Gasteiger partial charge in [-0.25, -0.2) is 29.4 Å². The van der Waals surface area contributed by atoms with Crippen LogP contribution in [0, 0.1) is 11.3 Å². The lowest BCUT2D eigenvalue weighted by molar-refractivity contribution is 0.174. The highest BCUT2D eigenvalue weighted by Crippen LogP contribution is 2.36. The van der Waals surface area contributed by atoms with Crippen LogP contribution >= 0.6 is 22.7 Å². The summed E-state index contributed by atoms with van der Waals surface area (Å²) in [6.45, 7) is 8.46. The zero-order valence-electron chi connectivity index (χ0n) is 24.3. The average molecular weight is 632 g/mol. The first-order chi connectivity index (χ1) is 20.9. The maximum atomic E-state index is 11.9. The molecule has 2 aromatic carbocycles. The number of oxime groups is 1. The summed E-state index contributed by atoms with van der Waals surface area (Å²) in [5.41, 5.74) is 9.31. The van der Waals surface area contributed by atoms with Gasteiger partial charge in [-0.15, -0.1) is 22.7 Å². The number of cyclic esters (lactones) is 2. The van der Waals surface area contributed by atoms with Crippen molar-refractivity contribution in [1.29, 1.82) is 5.26 Å². The van der Waals surface area contributed by atoms with Crippen LogP contribution in [0.3, 0.4) is 0 Å². The number of anilines is 2. The molecule has 2 aliphatic heterocycles. The average Bonchev–Trinajstić information content (AvgIpc) is 3.79. The lowest BCUT2D eigenvalue weighted by Crippen LogP contribution is -2.42. The molecule has 0 atom stereocenters. The highest BCUT2D eigenvalue weighted by Gasteiger charge is 2.43. The topological polar surface area (TPSA) is 167 Å². The third-order valence-corrected chi connectivity index (χ3v) is 8.59. The van der Waals surface area contributed by atoms with Crippen molar-refractivity contribution in [2.45, 2.75) is 38.8 Å². The van der Waals surface area contributed by atoms with Gasteiger partial charge in [-0.3, -0.25) is 0 Å². The smallest absolute Gasteiger partial charge is 0.416 e. The number of amides is 2. The van der Waals surface area contributed by atoms with E-state index in [1.54, 1.807) is 34.1 Å². The Balaban J connectivity index is 0.000000175. The van der Waals surface area contributed by atoms with E-state index in [9.17, 15) is 9.59 Å². The van der Waals surface area contributed by atoms with Crippen molar-refractivity contribution in [1.82, 2.24) is 9.97 Å². The van der Waals surface area contributed by atoms with Gasteiger partial charge >= 0.3 is 12.2 Å². The number of rotatable bonds is 5. The van der Waals surface area contributed by atoms with Gasteiger partial charge in [-0.05, 0) is 39.8 Å². The Hall–Kier alpha value is -5.00. The molecule has 0 aliphatic carbocycles. The molecule has 6 rings (SSSR count). The Morgan fingerprint density at radius 1 is 0.864 bits per heavy atom. The third-order valence-electron chi connectivity index (χ3n) is 6.93. The van der Waals surface area contributed by atoms with Gasteiger partial charge in [0, 0.05) is 27.5 Å². The van der Waals surface area contributed by atoms with Crippen LogP contribution in [0.15, 0.2) is 64.4 Å². The Bertz CT molecular complexity index is 1760. The summed E-state index contributed by atoms with van der Waals surface area (Å²) in [5.74, 6) is 0.0529. The number of carbonyl (C=O) groups is 2. The second-order valence-electron chi connectivity index (χ2n) is 11.2. The minimum Gasteiger partial charge on any atom is -0.447 e. The van der Waals surface area contributed by atoms with Crippen LogP contribution in [0.5, 0.6) is 0 Å². The van der Waals surface area contributed by atoms with Crippen LogP contribution in [0.25, 0.3) is 22.5 Å². The molecular weight excluding hydrogens is 603 g/mol. The number of aromatic nitrogens is 2. The summed E-state index contributed by atoms with van der Waals surface area (Å²) in [5, 5.41) is 25.5. The van der Waals surface area contributed by atoms with E-state index in [1.165, 1.54) is 22.7 Å². The van der Waals surface area contributed by atoms with Gasteiger partial charge in [0.05, 0.1) is 34.1 Å². The number of benzene rings is 2. The van der Waals surface area contributed by atoms with E-state index < -0.39 is 11.1 Å². The van der Waals surface area contributed by atoms with E-state index >= 15 is 0 Å². The number of hydrogen-bond acceptors (Lipinski definition) is 11. The van der Waals surface area contributed by atoms with Crippen molar-refractivity contribution in [3.8, 4) is 28.6 Å². The van der Waals surface area contributed by atoms with Gasteiger partial charge < -0.3 is 20.4 Å². The molecule has 2 saturated heterocycles. The Morgan fingerprint density at radius 2 is 1.30 bits per heavy atom. The Kier molecular flexibility index (Phi) is 8.27. The molecular formula is C30H29N7O5S2. The van der Waals surface area contributed by atoms with Gasteiger partial charge in [-0.2, -0.15) is 5.26 Å². The zero-order valence-corrected chi connectivity index (χ0v) is 26.0. The molecule has 2 aliphatic rings. The van der Waals surface area contributed by atoms with E-state index in [1.807, 2.05) is 62.7 Å². The molecule has 0 unspecified atom stereocenters. The summed E-state index contributed by atoms with van der Waals surface area (Å²) in [7, 11) is 0. The summed E-state index contributed by atoms with van der Waals surface area (Å²) in [4.78, 5) is 36.0. The number of hydrogen-bond donors (Lipinski definition) is 2. The quantitative estimate of drug-likeness (QED) is 0.115. The fraction of sp³-hybridized carbons (Fsp3) is 0.267. The first-order valence-electron chi connectivity index (χ1n) is 13.4. The summed E-state index contributed by atoms with van der Waals surface area (Å²) < 4.78 is 10.2. The molecule has 0 spiro atoms. The first-order valence-corrected chi connectivity index (χ1v) is 15.1. The highest BCUT2D eigenvalue weighted by molar-refractivity contribution is 7.14. The maximum Gasteiger partial charge on any atom is 0.416 e. The van der Waals surface area contributed by atoms with Crippen molar-refractivity contribution >= 4 is 51.0 Å². The van der Waals surface area contributed by atoms with Gasteiger partial charge in [0.1, 0.15) is 13.2 Å². The lowest BCUT2D eigenvalue weighted by Gasteiger charge is -2.24. The molecule has 2 aromatic heterocycles. The monoisotopic (exact) mass is 631 g/mol. The molecule has 0 radical (unpaired) electrons. The number of nitrogens with zero attached hydrogens (tertiary/aromatic N) is 6. The first kappa shape index (κ1) is 30.5. The predicted octanol–water partition coefficient (Wildman–Crippen LogP) is 6.06. The van der Waals surface area contributed by atoms with Crippen LogP contribution in [0.2, 0.25) is 0 Å². The molecule has 2 fully saturated rings. The van der Waals surface area contributed by atoms with Crippen LogP contribution in [-0.4, -0.2) is 57.5 Å². The molecule has 14 heteroatoms. The zero-order chi connectivity index (χ0) is 31.6. The van der Waals surface area contributed by atoms with Gasteiger partial charge in [0.2, 0.25) is 0 Å². The van der Waals surface area contributed by atoms with Crippen LogP contribution in [0.1, 0.15) is 38.8 Å². The normalized spacial score (nSPS) is 17.0. The van der Waals surface area contributed by atoms with E-state index in [0.29, 0.717) is 34.6 Å². The van der Waals surface area contributed by atoms with E-state index in [-0.39, 0.29) is 18.0 Å². The van der Waals surface area contributed by atoms with Crippen molar-refractivity contribution in [2.75, 3.05) is 23.0 Å². The second-order valence-corrected chi connectivity index (χ2v) is 12.9. The van der Waals surface area contributed by atoms with Crippen LogP contribution < -0.4 is 15.5 Å². The molecule has 4 aromatic rings. The number of nitrogens with two attached hydrogens (primary N) is 1. The molecule has 0 bridgehead atoms. The summed E-state index contributed by atoms with van der Waals surface area (Å²) >= 11 is 2.79. The number of ether oxygens (including phenoxy) is 2. The van der Waals surface area contributed by atoms with Crippen molar-refractivity contribution in [3.05, 3.63) is 70.4 Å². The van der Waals surface area contributed by atoms with Crippen molar-refractivity contribution < 1.29 is 24.3 Å². The maximum absolute atomic E-state index is 11.9. The predicted molar refractivity (Wildman–Crippen MR) is 168 cm³/mol. The Morgan fingerprint density at radius 3 is 1.66 bits per heavy atom. The molecule has 2 amide bonds. The van der Waals surface area contributed by atoms with E-state index in [4.69, 9.17) is 25.7 Å². The minimum atomic E-state index is -0.415. The Labute approximate surface area is 261 Å². The minimum absolute atomic E-state index is 0.0529. The summed E-state index contributed by atoms with van der Waals surface area (Å²) in [6, 6.07) is 16.5. The fourth-order valence-corrected chi connectivity index (χ4v) is 6.46. The van der Waals surface area contributed by atoms with Crippen molar-refractivity contribution in [2.24, 2.45) is 10.9 Å². The number of amidine groups is 1. The molecule has 4 heterocycles. The van der Waals surface area contributed by atoms with Crippen LogP contribution in [0.4, 0.5) is 19.9 Å². The van der Waals surface area contributed by atoms with Crippen LogP contribution in [-0.2, 0) is 9.47 Å². The SMILES string of the molecule is CC1(C)COC(=O)N1c1nc(-c2ccc(C#N)cc2)cs1.CC1(C)COC(=O)N1c1nc(-c2ccc(C(N)=NO)cc2)cs1. The largest absolute Gasteiger partial charge is 0.447 e. The molecule has 44 heavy (non-hydrogen) atoms. The number of carbonyl (C=O) groups excluding carboxylic acids is 2. The standard InChI is InChI=1S/C15H16N4O3S.C15H13N3O2S/c1-15(2)8-22-14(20)19(15)13-17-11(7-23-13)9-3-5-10(6-4-9)12(16)18-21;1-15(2)9-20-14(19)18(15)13-17-12(8-21-13)11-5-3-10(7-16)4-6-11/h3-7,21H,8H2,1-2H3,(H2,16,18);3-6,8H,9H2,1-2H3. The van der Waals surface area contributed by atoms with Gasteiger partial charge in [0.25, 0.3) is 0 Å². The van der Waals surface area contributed by atoms with Crippen molar-refractivity contribution in [3.63, 3.8) is 0 Å². The third kappa shape index (κ3) is 6.05. The van der Waals surface area contributed by atoms with Gasteiger partial charge in [0.15, 0.2) is 16.1 Å². The molecule has 226 valence electrons. The summed E-state index contributed by atoms with van der Waals surface area (Å²) in [6.07, 6.45) is -0.737. The van der Waals surface area contributed by atoms with E-state index in [0.717, 1.165) is 22.5 Å². The fourth-order valence-electron chi connectivity index (χ4n) is 4.49. The molecule has 12 nitrogen and oxygen atoms in total. The number of nitriles is 1. The number of thiazole rings is 2. The van der Waals surface area contributed by atoms with E-state index in [2.05, 4.69) is 21.2 Å². The molecule has 3 N–H and O–H groups in total. The van der Waals surface area contributed by atoms with Gasteiger partial charge in [-0.1, -0.05) is 41.6 Å². The lowest BCUT2D eigenvalue weighted by atomic mass is 10.1.